The number of hydrogen-bond acceptors (Lipinski definition) is 12. The molecule has 1 aromatic heterocycles. The number of benzene rings is 3. The largest absolute Gasteiger partial charge is 1.00 e. The van der Waals surface area contributed by atoms with E-state index in [0.29, 0.717) is 0 Å². The molecule has 0 saturated carbocycles. The molecule has 0 atom stereocenters. The molecule has 1 heterocycles. The van der Waals surface area contributed by atoms with Gasteiger partial charge in [-0.05, 0) is 53.0 Å². The first-order valence-corrected chi connectivity index (χ1v) is 14.8. The number of halogens is 2. The second kappa shape index (κ2) is 11.6. The van der Waals surface area contributed by atoms with E-state index >= 15 is 0 Å². The molecule has 18 heteroatoms. The number of rotatable bonds is 6. The van der Waals surface area contributed by atoms with Gasteiger partial charge < -0.3 is 15.6 Å². The molecule has 0 radical (unpaired) electrons. The maximum Gasteiger partial charge on any atom is 1.00 e. The van der Waals surface area contributed by atoms with Gasteiger partial charge in [-0.2, -0.15) is 13.4 Å². The summed E-state index contributed by atoms with van der Waals surface area (Å²) >= 11 is 11.6. The van der Waals surface area contributed by atoms with E-state index in [4.69, 9.17) is 28.9 Å². The molecule has 1 aliphatic carbocycles. The van der Waals surface area contributed by atoms with Crippen molar-refractivity contribution in [1.29, 1.82) is 0 Å². The molecule has 4 aromatic rings. The van der Waals surface area contributed by atoms with E-state index in [1.54, 1.807) is 0 Å². The topological polar surface area (TPSA) is 222 Å². The predicted molar refractivity (Wildman–Crippen MR) is 144 cm³/mol. The Labute approximate surface area is 270 Å². The normalized spacial score (nSPS) is 12.8. The summed E-state index contributed by atoms with van der Waals surface area (Å²) in [6, 6.07) is 10.1. The van der Waals surface area contributed by atoms with Crippen LogP contribution in [0.5, 0.6) is 0 Å². The van der Waals surface area contributed by atoms with Crippen molar-refractivity contribution in [3.05, 3.63) is 92.7 Å². The predicted octanol–water partition coefficient (Wildman–Crippen LogP) is 0.0252. The molecule has 0 bridgehead atoms. The summed E-state index contributed by atoms with van der Waals surface area (Å²) in [5.41, 5.74) is 4.21. The van der Waals surface area contributed by atoms with E-state index in [0.717, 1.165) is 12.1 Å². The smallest absolute Gasteiger partial charge is 0.744 e. The minimum atomic E-state index is -5.22. The van der Waals surface area contributed by atoms with Gasteiger partial charge in [0.05, 0.1) is 32.3 Å². The fourth-order valence-electron chi connectivity index (χ4n) is 4.42. The van der Waals surface area contributed by atoms with Crippen LogP contribution in [-0.2, 0) is 26.7 Å². The molecule has 3 aromatic carbocycles. The molecular weight excluding hydrogens is 644 g/mol. The van der Waals surface area contributed by atoms with Gasteiger partial charge in [0.15, 0.2) is 11.6 Å². The molecule has 0 aliphatic heterocycles. The Hall–Kier alpha value is -2.99. The molecule has 0 amide bonds. The van der Waals surface area contributed by atoms with Crippen molar-refractivity contribution in [1.82, 2.24) is 15.0 Å². The van der Waals surface area contributed by atoms with Gasteiger partial charge in [0.1, 0.15) is 15.9 Å². The number of ketones is 2. The molecule has 0 fully saturated rings. The number of aromatic nitrogens is 3. The van der Waals surface area contributed by atoms with Crippen LogP contribution < -0.4 is 40.6 Å². The van der Waals surface area contributed by atoms with Crippen LogP contribution in [0.25, 0.3) is 0 Å². The third kappa shape index (κ3) is 6.06. The van der Waals surface area contributed by atoms with Crippen molar-refractivity contribution < 1.29 is 65.1 Å². The number of nitrogen functional groups attached to an aromatic ring is 1. The molecule has 0 saturated heterocycles. The number of fused-ring (bicyclic) bond motifs is 2. The monoisotopic (exact) mass is 657 g/mol. The quantitative estimate of drug-likeness (QED) is 0.125. The van der Waals surface area contributed by atoms with Gasteiger partial charge in [-0.3, -0.25) is 14.1 Å². The van der Waals surface area contributed by atoms with Crippen molar-refractivity contribution in [3.63, 3.8) is 0 Å². The van der Waals surface area contributed by atoms with Gasteiger partial charge in [0, 0.05) is 23.2 Å². The summed E-state index contributed by atoms with van der Waals surface area (Å²) < 4.78 is 70.0. The second-order valence-corrected chi connectivity index (χ2v) is 12.0. The van der Waals surface area contributed by atoms with Gasteiger partial charge in [0.2, 0.25) is 10.6 Å². The zero-order valence-corrected chi connectivity index (χ0v) is 26.3. The molecular formula is C24H14Cl2N5NaO8S2. The molecule has 4 N–H and O–H groups in total. The first kappa shape index (κ1) is 31.9. The second-order valence-electron chi connectivity index (χ2n) is 8.63. The van der Waals surface area contributed by atoms with Gasteiger partial charge in [-0.25, -0.2) is 18.4 Å². The van der Waals surface area contributed by atoms with Crippen molar-refractivity contribution in [2.45, 2.75) is 16.2 Å². The van der Waals surface area contributed by atoms with Gasteiger partial charge in [-0.15, -0.1) is 0 Å². The number of anilines is 3. The summed E-state index contributed by atoms with van der Waals surface area (Å²) in [5.74, 6) is -1.50. The van der Waals surface area contributed by atoms with E-state index in [2.05, 4.69) is 20.3 Å². The van der Waals surface area contributed by atoms with Crippen LogP contribution in [0.2, 0.25) is 10.6 Å². The average Bonchev–Trinajstić information content (AvgIpc) is 2.86. The molecule has 5 rings (SSSR count). The fourth-order valence-corrected chi connectivity index (χ4v) is 6.15. The summed E-state index contributed by atoms with van der Waals surface area (Å²) in [6.07, 6.45) is -0.322. The van der Waals surface area contributed by atoms with Gasteiger partial charge in [0.25, 0.3) is 10.1 Å². The van der Waals surface area contributed by atoms with Crippen LogP contribution in [-0.4, -0.2) is 52.5 Å². The van der Waals surface area contributed by atoms with Crippen molar-refractivity contribution in [3.8, 4) is 0 Å². The van der Waals surface area contributed by atoms with Crippen LogP contribution >= 0.6 is 23.2 Å². The number of nitrogens with zero attached hydrogens (tertiary/aromatic N) is 3. The minimum Gasteiger partial charge on any atom is -0.744 e. The van der Waals surface area contributed by atoms with E-state index in [-0.39, 0.29) is 86.0 Å². The SMILES string of the molecule is Nc1c(S(=O)(=O)[O-])cc(Nc2ccc(S(=O)(=O)O)c(Cc3nc(Cl)nc(Cl)n3)c2)c2c1C(=O)c1ccccc1C2=O.[Na+]. The minimum absolute atomic E-state index is 0. The van der Waals surface area contributed by atoms with Crippen LogP contribution in [0.15, 0.2) is 58.3 Å². The summed E-state index contributed by atoms with van der Waals surface area (Å²) in [4.78, 5) is 36.7. The third-order valence-corrected chi connectivity index (χ3v) is 8.23. The van der Waals surface area contributed by atoms with Gasteiger partial charge >= 0.3 is 29.6 Å². The zero-order chi connectivity index (χ0) is 29.9. The molecule has 0 unspecified atom stereocenters. The fraction of sp³-hybridized carbons (Fsp3) is 0.0417. The van der Waals surface area contributed by atoms with E-state index in [9.17, 15) is 35.5 Å². The van der Waals surface area contributed by atoms with E-state index in [1.165, 1.54) is 36.4 Å². The van der Waals surface area contributed by atoms with Crippen molar-refractivity contribution >= 4 is 72.1 Å². The van der Waals surface area contributed by atoms with Crippen LogP contribution in [0.1, 0.15) is 43.2 Å². The number of carbonyl (C=O) groups is 2. The van der Waals surface area contributed by atoms with E-state index < -0.39 is 52.8 Å². The molecule has 1 aliphatic rings. The number of carbonyl (C=O) groups excluding carboxylic acids is 2. The standard InChI is InChI=1S/C24H15Cl2N5O8S2.Na/c25-23-29-17(30-24(26)31-23)8-10-7-11(5-6-15(10)40(34,35)36)28-14-9-16(41(37,38)39)20(27)19-18(14)21(32)12-3-1-2-4-13(12)22(19)33;/h1-7,9,28H,8,27H2,(H,34,35,36)(H,37,38,39);/q;+1/p-1. The zero-order valence-electron chi connectivity index (χ0n) is 21.1. The number of nitrogens with two attached hydrogens (primary N) is 1. The maximum atomic E-state index is 13.5. The Balaban J connectivity index is 0.00000405. The first-order valence-electron chi connectivity index (χ1n) is 11.2. The van der Waals surface area contributed by atoms with Gasteiger partial charge in [-0.1, -0.05) is 24.3 Å². The van der Waals surface area contributed by atoms with Crippen molar-refractivity contribution in [2.24, 2.45) is 0 Å². The maximum absolute atomic E-state index is 13.5. The Morgan fingerprint density at radius 2 is 1.43 bits per heavy atom. The Morgan fingerprint density at radius 1 is 0.857 bits per heavy atom. The van der Waals surface area contributed by atoms with Crippen LogP contribution in [0, 0.1) is 0 Å². The average molecular weight is 658 g/mol. The third-order valence-electron chi connectivity index (χ3n) is 6.06. The van der Waals surface area contributed by atoms with Crippen molar-refractivity contribution in [2.75, 3.05) is 11.1 Å². The summed E-state index contributed by atoms with van der Waals surface area (Å²) in [7, 11) is -9.98. The summed E-state index contributed by atoms with van der Waals surface area (Å²) in [5, 5.41) is 2.22. The molecule has 0 spiro atoms. The Bertz CT molecular complexity index is 2020. The Morgan fingerprint density at radius 3 is 1.98 bits per heavy atom. The van der Waals surface area contributed by atoms with Crippen LogP contribution in [0.3, 0.4) is 0 Å². The molecule has 42 heavy (non-hydrogen) atoms. The number of nitrogens with one attached hydrogen (secondary N) is 1. The first-order chi connectivity index (χ1) is 19.1. The van der Waals surface area contributed by atoms with Crippen LogP contribution in [0.4, 0.5) is 17.1 Å². The van der Waals surface area contributed by atoms with E-state index in [1.807, 2.05) is 0 Å². The molecule has 210 valence electrons. The Kier molecular flexibility index (Phi) is 8.82. The number of hydrogen-bond donors (Lipinski definition) is 3. The molecule has 13 nitrogen and oxygen atoms in total. The summed E-state index contributed by atoms with van der Waals surface area (Å²) in [6.45, 7) is 0.